The van der Waals surface area contributed by atoms with Crippen molar-refractivity contribution in [3.05, 3.63) is 35.4 Å². The van der Waals surface area contributed by atoms with Crippen LogP contribution in [-0.2, 0) is 12.8 Å². The van der Waals surface area contributed by atoms with E-state index in [1.807, 2.05) is 0 Å². The summed E-state index contributed by atoms with van der Waals surface area (Å²) in [6, 6.07) is 9.70. The van der Waals surface area contributed by atoms with Crippen LogP contribution in [0.5, 0.6) is 0 Å². The fourth-order valence-corrected chi connectivity index (χ4v) is 3.66. The zero-order valence-corrected chi connectivity index (χ0v) is 12.1. The average Bonchev–Trinajstić information content (AvgIpc) is 2.62. The quantitative estimate of drug-likeness (QED) is 0.876. The topological polar surface area (TPSA) is 15.3 Å². The highest BCUT2D eigenvalue weighted by Gasteiger charge is 2.22. The third kappa shape index (κ3) is 3.37. The molecule has 2 heterocycles. The van der Waals surface area contributed by atoms with Crippen molar-refractivity contribution in [3.8, 4) is 0 Å². The molecule has 1 saturated heterocycles. The molecule has 104 valence electrons. The van der Waals surface area contributed by atoms with Crippen molar-refractivity contribution in [2.75, 3.05) is 26.2 Å². The van der Waals surface area contributed by atoms with Crippen LogP contribution in [0.2, 0.25) is 0 Å². The zero-order chi connectivity index (χ0) is 13.1. The summed E-state index contributed by atoms with van der Waals surface area (Å²) in [5.74, 6) is 0.900. The Kier molecular flexibility index (Phi) is 4.19. The van der Waals surface area contributed by atoms with Crippen LogP contribution in [0.1, 0.15) is 30.9 Å². The molecule has 0 spiro atoms. The molecule has 1 fully saturated rings. The molecule has 19 heavy (non-hydrogen) atoms. The molecule has 0 radical (unpaired) electrons. The van der Waals surface area contributed by atoms with Gasteiger partial charge in [0.1, 0.15) is 0 Å². The lowest BCUT2D eigenvalue weighted by Gasteiger charge is -2.32. The maximum absolute atomic E-state index is 3.56. The summed E-state index contributed by atoms with van der Waals surface area (Å²) in [5.41, 5.74) is 3.15. The van der Waals surface area contributed by atoms with Gasteiger partial charge in [-0.25, -0.2) is 0 Å². The first-order chi connectivity index (χ1) is 9.31. The van der Waals surface area contributed by atoms with Crippen LogP contribution in [0.25, 0.3) is 0 Å². The lowest BCUT2D eigenvalue weighted by molar-refractivity contribution is 0.197. The van der Waals surface area contributed by atoms with Crippen molar-refractivity contribution in [3.63, 3.8) is 0 Å². The summed E-state index contributed by atoms with van der Waals surface area (Å²) in [6.45, 7) is 7.33. The summed E-state index contributed by atoms with van der Waals surface area (Å²) in [5, 5.41) is 3.56. The van der Waals surface area contributed by atoms with Crippen LogP contribution in [0.3, 0.4) is 0 Å². The number of benzene rings is 1. The number of hydrogen-bond donors (Lipinski definition) is 1. The van der Waals surface area contributed by atoms with Crippen molar-refractivity contribution in [1.82, 2.24) is 10.2 Å². The second kappa shape index (κ2) is 6.06. The van der Waals surface area contributed by atoms with Gasteiger partial charge in [-0.3, -0.25) is 0 Å². The maximum Gasteiger partial charge on any atom is 0.00418 e. The first-order valence-corrected chi connectivity index (χ1v) is 7.84. The molecule has 3 rings (SSSR count). The van der Waals surface area contributed by atoms with Crippen molar-refractivity contribution in [2.45, 2.75) is 38.6 Å². The highest BCUT2D eigenvalue weighted by atomic mass is 15.1. The van der Waals surface area contributed by atoms with Crippen LogP contribution in [-0.4, -0.2) is 37.1 Å². The molecule has 2 aliphatic rings. The average molecular weight is 258 g/mol. The second-order valence-electron chi connectivity index (χ2n) is 6.31. The van der Waals surface area contributed by atoms with Crippen molar-refractivity contribution in [1.29, 1.82) is 0 Å². The van der Waals surface area contributed by atoms with Crippen molar-refractivity contribution < 1.29 is 0 Å². The molecule has 1 N–H and O–H groups in total. The molecular weight excluding hydrogens is 232 g/mol. The fourth-order valence-electron chi connectivity index (χ4n) is 3.66. The summed E-state index contributed by atoms with van der Waals surface area (Å²) >= 11 is 0. The van der Waals surface area contributed by atoms with E-state index in [2.05, 4.69) is 41.4 Å². The molecule has 2 nitrogen and oxygen atoms in total. The number of nitrogens with zero attached hydrogens (tertiary/aromatic N) is 1. The number of rotatable bonds is 2. The van der Waals surface area contributed by atoms with Crippen molar-refractivity contribution >= 4 is 0 Å². The Morgan fingerprint density at radius 1 is 1.16 bits per heavy atom. The first kappa shape index (κ1) is 13.1. The van der Waals surface area contributed by atoms with Gasteiger partial charge in [0.05, 0.1) is 0 Å². The van der Waals surface area contributed by atoms with Crippen LogP contribution in [0, 0.1) is 5.92 Å². The minimum Gasteiger partial charge on any atom is -0.314 e. The maximum atomic E-state index is 3.56. The molecule has 2 aliphatic heterocycles. The van der Waals surface area contributed by atoms with E-state index in [-0.39, 0.29) is 0 Å². The molecule has 2 atom stereocenters. The van der Waals surface area contributed by atoms with E-state index in [9.17, 15) is 0 Å². The van der Waals surface area contributed by atoms with E-state index in [1.165, 1.54) is 51.9 Å². The van der Waals surface area contributed by atoms with E-state index in [0.717, 1.165) is 5.92 Å². The second-order valence-corrected chi connectivity index (χ2v) is 6.31. The number of piperidine rings is 1. The monoisotopic (exact) mass is 258 g/mol. The van der Waals surface area contributed by atoms with Crippen molar-refractivity contribution in [2.24, 2.45) is 5.92 Å². The van der Waals surface area contributed by atoms with Gasteiger partial charge in [-0.1, -0.05) is 24.3 Å². The van der Waals surface area contributed by atoms with Gasteiger partial charge in [-0.05, 0) is 56.2 Å². The molecule has 0 amide bonds. The fraction of sp³-hybridized carbons (Fsp3) is 0.647. The molecule has 1 aromatic carbocycles. The summed E-state index contributed by atoms with van der Waals surface area (Å²) < 4.78 is 0. The molecular formula is C17H26N2. The SMILES string of the molecule is CC1CC(CN2CCc3ccccc3CC2)CCN1. The third-order valence-corrected chi connectivity index (χ3v) is 4.76. The predicted octanol–water partition coefficient (Wildman–Crippen LogP) is 2.48. The first-order valence-electron chi connectivity index (χ1n) is 7.84. The van der Waals surface area contributed by atoms with E-state index < -0.39 is 0 Å². The lowest BCUT2D eigenvalue weighted by Crippen LogP contribution is -2.41. The van der Waals surface area contributed by atoms with Crippen LogP contribution >= 0.6 is 0 Å². The molecule has 0 bridgehead atoms. The molecule has 2 heteroatoms. The highest BCUT2D eigenvalue weighted by molar-refractivity contribution is 5.28. The molecule has 0 saturated carbocycles. The summed E-state index contributed by atoms with van der Waals surface area (Å²) in [6.07, 6.45) is 5.17. The molecule has 0 aliphatic carbocycles. The molecule has 0 aromatic heterocycles. The Labute approximate surface area is 117 Å². The zero-order valence-electron chi connectivity index (χ0n) is 12.1. The summed E-state index contributed by atoms with van der Waals surface area (Å²) in [4.78, 5) is 2.70. The van der Waals surface area contributed by atoms with Gasteiger partial charge in [0.15, 0.2) is 0 Å². The Balaban J connectivity index is 1.56. The third-order valence-electron chi connectivity index (χ3n) is 4.76. The Morgan fingerprint density at radius 3 is 2.47 bits per heavy atom. The minimum atomic E-state index is 0.711. The smallest absolute Gasteiger partial charge is 0.00418 e. The van der Waals surface area contributed by atoms with E-state index in [0.29, 0.717) is 6.04 Å². The van der Waals surface area contributed by atoms with Crippen LogP contribution in [0.15, 0.2) is 24.3 Å². The Hall–Kier alpha value is -0.860. The minimum absolute atomic E-state index is 0.711. The van der Waals surface area contributed by atoms with Gasteiger partial charge >= 0.3 is 0 Å². The normalized spacial score (nSPS) is 28.7. The van der Waals surface area contributed by atoms with Gasteiger partial charge < -0.3 is 10.2 Å². The molecule has 1 aromatic rings. The van der Waals surface area contributed by atoms with E-state index >= 15 is 0 Å². The van der Waals surface area contributed by atoms with Gasteiger partial charge in [0.25, 0.3) is 0 Å². The van der Waals surface area contributed by atoms with E-state index in [1.54, 1.807) is 11.1 Å². The largest absolute Gasteiger partial charge is 0.314 e. The Bertz CT molecular complexity index is 388. The number of nitrogens with one attached hydrogen (secondary N) is 1. The number of hydrogen-bond acceptors (Lipinski definition) is 2. The van der Waals surface area contributed by atoms with Gasteiger partial charge in [-0.15, -0.1) is 0 Å². The number of fused-ring (bicyclic) bond motifs is 1. The molecule has 2 unspecified atom stereocenters. The van der Waals surface area contributed by atoms with E-state index in [4.69, 9.17) is 0 Å². The highest BCUT2D eigenvalue weighted by Crippen LogP contribution is 2.20. The van der Waals surface area contributed by atoms with Gasteiger partial charge in [0, 0.05) is 25.7 Å². The van der Waals surface area contributed by atoms with Crippen LogP contribution in [0.4, 0.5) is 0 Å². The predicted molar refractivity (Wildman–Crippen MR) is 80.5 cm³/mol. The van der Waals surface area contributed by atoms with Gasteiger partial charge in [0.2, 0.25) is 0 Å². The summed E-state index contributed by atoms with van der Waals surface area (Å²) in [7, 11) is 0. The van der Waals surface area contributed by atoms with Gasteiger partial charge in [-0.2, -0.15) is 0 Å². The standard InChI is InChI=1S/C17H26N2/c1-14-12-15(6-9-18-14)13-19-10-7-16-4-2-3-5-17(16)8-11-19/h2-5,14-15,18H,6-13H2,1H3. The lowest BCUT2D eigenvalue weighted by atomic mass is 9.93. The Morgan fingerprint density at radius 2 is 1.84 bits per heavy atom. The van der Waals surface area contributed by atoms with Crippen LogP contribution < -0.4 is 5.32 Å².